The second kappa shape index (κ2) is 7.87. The Morgan fingerprint density at radius 3 is 2.67 bits per heavy atom. The van der Waals surface area contributed by atoms with Gasteiger partial charge in [0, 0.05) is 18.0 Å². The van der Waals surface area contributed by atoms with Gasteiger partial charge in [-0.05, 0) is 25.1 Å². The molecular weight excluding hydrogens is 310 g/mol. The van der Waals surface area contributed by atoms with E-state index in [1.54, 1.807) is 36.1 Å². The summed E-state index contributed by atoms with van der Waals surface area (Å²) in [5.74, 6) is -0.194. The first kappa shape index (κ1) is 17.3. The Bertz CT molecular complexity index is 643. The van der Waals surface area contributed by atoms with Crippen LogP contribution in [0.2, 0.25) is 0 Å². The van der Waals surface area contributed by atoms with Crippen molar-refractivity contribution in [2.24, 2.45) is 0 Å². The van der Waals surface area contributed by atoms with E-state index in [-0.39, 0.29) is 30.6 Å². The highest BCUT2D eigenvalue weighted by atomic mass is 35.5. The van der Waals surface area contributed by atoms with Crippen molar-refractivity contribution in [1.82, 2.24) is 10.9 Å². The van der Waals surface area contributed by atoms with Crippen LogP contribution in [-0.2, 0) is 6.54 Å². The van der Waals surface area contributed by atoms with Gasteiger partial charge in [-0.3, -0.25) is 15.0 Å². The number of carbonyl (C=O) groups excluding carboxylic acids is 2. The molecule has 0 aliphatic rings. The molecule has 0 saturated carbocycles. The maximum atomic E-state index is 12.1. The lowest BCUT2D eigenvalue weighted by Crippen LogP contribution is -3.00. The molecule has 2 heterocycles. The van der Waals surface area contributed by atoms with Crippen molar-refractivity contribution in [3.8, 4) is 0 Å². The molecule has 112 valence electrons. The Morgan fingerprint density at radius 1 is 1.29 bits per heavy atom. The van der Waals surface area contributed by atoms with Crippen LogP contribution in [-0.4, -0.2) is 18.7 Å². The van der Waals surface area contributed by atoms with Crippen molar-refractivity contribution >= 4 is 23.0 Å². The number of Topliss-reactive ketones (excluding diaryl/α,β-unsaturated/α-hetero) is 1. The van der Waals surface area contributed by atoms with E-state index in [1.807, 2.05) is 19.1 Å². The number of thiophene rings is 1. The quantitative estimate of drug-likeness (QED) is 0.383. The number of nitrogens with zero attached hydrogens (tertiary/aromatic N) is 1. The topological polar surface area (TPSA) is 62.1 Å². The van der Waals surface area contributed by atoms with Gasteiger partial charge in [-0.25, -0.2) is 5.43 Å². The number of hydrogen-bond donors (Lipinski definition) is 2. The molecule has 21 heavy (non-hydrogen) atoms. The molecule has 0 aliphatic carbocycles. The minimum Gasteiger partial charge on any atom is -1.00 e. The van der Waals surface area contributed by atoms with Crippen molar-refractivity contribution in [2.45, 2.75) is 13.5 Å². The molecular formula is C14H16ClN3O2S. The second-order valence-corrected chi connectivity index (χ2v) is 5.59. The first-order valence-corrected chi connectivity index (χ1v) is 6.97. The van der Waals surface area contributed by atoms with Crippen LogP contribution in [0.25, 0.3) is 0 Å². The van der Waals surface area contributed by atoms with Gasteiger partial charge in [-0.15, -0.1) is 11.3 Å². The molecule has 0 aromatic carbocycles. The SMILES string of the molecule is CNNC(=O)c1ccc[n+](CC(=O)c2ccc(C)s2)c1.[Cl-]. The van der Waals surface area contributed by atoms with Crippen molar-refractivity contribution in [1.29, 1.82) is 0 Å². The fraction of sp³-hybridized carbons (Fsp3) is 0.214. The summed E-state index contributed by atoms with van der Waals surface area (Å²) in [4.78, 5) is 25.6. The van der Waals surface area contributed by atoms with Crippen LogP contribution < -0.4 is 27.8 Å². The summed E-state index contributed by atoms with van der Waals surface area (Å²) in [6, 6.07) is 7.21. The lowest BCUT2D eigenvalue weighted by Gasteiger charge is -2.01. The first-order chi connectivity index (χ1) is 9.60. The van der Waals surface area contributed by atoms with E-state index < -0.39 is 0 Å². The smallest absolute Gasteiger partial charge is 0.271 e. The molecule has 0 unspecified atom stereocenters. The minimum atomic E-state index is -0.235. The summed E-state index contributed by atoms with van der Waals surface area (Å²) >= 11 is 1.48. The molecule has 7 heteroatoms. The molecule has 2 aromatic heterocycles. The van der Waals surface area contributed by atoms with Crippen LogP contribution in [0.3, 0.4) is 0 Å². The zero-order valence-corrected chi connectivity index (χ0v) is 13.3. The van der Waals surface area contributed by atoms with Gasteiger partial charge < -0.3 is 12.4 Å². The summed E-state index contributed by atoms with van der Waals surface area (Å²) < 4.78 is 1.71. The van der Waals surface area contributed by atoms with E-state index in [9.17, 15) is 9.59 Å². The molecule has 2 rings (SSSR count). The summed E-state index contributed by atoms with van der Waals surface area (Å²) in [7, 11) is 1.62. The van der Waals surface area contributed by atoms with Crippen LogP contribution in [0.1, 0.15) is 24.9 Å². The Morgan fingerprint density at radius 2 is 2.05 bits per heavy atom. The molecule has 0 atom stereocenters. The highest BCUT2D eigenvalue weighted by Crippen LogP contribution is 2.15. The van der Waals surface area contributed by atoms with Crippen molar-refractivity contribution in [3.05, 3.63) is 52.0 Å². The average Bonchev–Trinajstić information content (AvgIpc) is 2.86. The first-order valence-electron chi connectivity index (χ1n) is 6.16. The molecule has 0 radical (unpaired) electrons. The van der Waals surface area contributed by atoms with Gasteiger partial charge in [-0.1, -0.05) is 0 Å². The molecule has 1 amide bonds. The highest BCUT2D eigenvalue weighted by molar-refractivity contribution is 7.13. The Kier molecular flexibility index (Phi) is 6.48. The minimum absolute atomic E-state index is 0. The summed E-state index contributed by atoms with van der Waals surface area (Å²) in [6.45, 7) is 2.19. The number of pyridine rings is 1. The molecule has 2 N–H and O–H groups in total. The number of aromatic nitrogens is 1. The van der Waals surface area contributed by atoms with Crippen LogP contribution in [0.15, 0.2) is 36.7 Å². The lowest BCUT2D eigenvalue weighted by molar-refractivity contribution is -0.683. The van der Waals surface area contributed by atoms with Crippen LogP contribution in [0.4, 0.5) is 0 Å². The maximum absolute atomic E-state index is 12.1. The number of carbonyl (C=O) groups is 2. The van der Waals surface area contributed by atoms with E-state index in [0.29, 0.717) is 5.56 Å². The van der Waals surface area contributed by atoms with Gasteiger partial charge in [0.1, 0.15) is 5.56 Å². The van der Waals surface area contributed by atoms with Gasteiger partial charge in [-0.2, -0.15) is 4.57 Å². The number of amides is 1. The molecule has 5 nitrogen and oxygen atoms in total. The van der Waals surface area contributed by atoms with Gasteiger partial charge in [0.25, 0.3) is 5.91 Å². The van der Waals surface area contributed by atoms with Gasteiger partial charge >= 0.3 is 0 Å². The van der Waals surface area contributed by atoms with Crippen LogP contribution in [0, 0.1) is 6.92 Å². The van der Waals surface area contributed by atoms with Crippen LogP contribution in [0.5, 0.6) is 0 Å². The molecule has 0 spiro atoms. The Balaban J connectivity index is 0.00000220. The molecule has 0 bridgehead atoms. The molecule has 0 saturated heterocycles. The van der Waals surface area contributed by atoms with Crippen LogP contribution >= 0.6 is 11.3 Å². The largest absolute Gasteiger partial charge is 1.00 e. The second-order valence-electron chi connectivity index (χ2n) is 4.30. The number of nitrogens with one attached hydrogen (secondary N) is 2. The number of halogens is 1. The monoisotopic (exact) mass is 325 g/mol. The zero-order chi connectivity index (χ0) is 14.5. The van der Waals surface area contributed by atoms with Gasteiger partial charge in [0.05, 0.1) is 4.88 Å². The number of aryl methyl sites for hydroxylation is 1. The predicted octanol–water partition coefficient (Wildman–Crippen LogP) is -1.90. The molecule has 2 aromatic rings. The van der Waals surface area contributed by atoms with E-state index in [1.165, 1.54) is 11.3 Å². The third-order valence-electron chi connectivity index (χ3n) is 2.70. The number of hydrazine groups is 1. The standard InChI is InChI=1S/C14H15N3O2S.ClH/c1-10-5-6-13(20-10)12(18)9-17-7-3-4-11(8-17)14(19)16-15-2;/h3-8,15H,9H2,1-2H3;1H. The van der Waals surface area contributed by atoms with E-state index in [2.05, 4.69) is 10.9 Å². The highest BCUT2D eigenvalue weighted by Gasteiger charge is 2.16. The van der Waals surface area contributed by atoms with E-state index in [4.69, 9.17) is 0 Å². The average molecular weight is 326 g/mol. The number of rotatable bonds is 5. The predicted molar refractivity (Wildman–Crippen MR) is 76.5 cm³/mol. The maximum Gasteiger partial charge on any atom is 0.271 e. The van der Waals surface area contributed by atoms with Crippen molar-refractivity contribution in [2.75, 3.05) is 7.05 Å². The number of ketones is 1. The fourth-order valence-electron chi connectivity index (χ4n) is 1.77. The number of hydrogen-bond acceptors (Lipinski definition) is 4. The van der Waals surface area contributed by atoms with Crippen molar-refractivity contribution in [3.63, 3.8) is 0 Å². The third kappa shape index (κ3) is 4.63. The molecule has 0 fully saturated rings. The Hall–Kier alpha value is -1.76. The third-order valence-corrected chi connectivity index (χ3v) is 3.74. The normalized spacial score (nSPS) is 9.81. The summed E-state index contributed by atoms with van der Waals surface area (Å²) in [6.07, 6.45) is 3.43. The van der Waals surface area contributed by atoms with Gasteiger partial charge in [0.15, 0.2) is 12.4 Å². The van der Waals surface area contributed by atoms with E-state index >= 15 is 0 Å². The van der Waals surface area contributed by atoms with Gasteiger partial charge in [0.2, 0.25) is 12.3 Å². The Labute approximate surface area is 133 Å². The van der Waals surface area contributed by atoms with E-state index in [0.717, 1.165) is 9.75 Å². The van der Waals surface area contributed by atoms with Crippen molar-refractivity contribution < 1.29 is 26.6 Å². The summed E-state index contributed by atoms with van der Waals surface area (Å²) in [5, 5.41) is 0. The fourth-order valence-corrected chi connectivity index (χ4v) is 2.57. The molecule has 0 aliphatic heterocycles. The summed E-state index contributed by atoms with van der Waals surface area (Å²) in [5.41, 5.74) is 5.57. The lowest BCUT2D eigenvalue weighted by atomic mass is 10.2. The zero-order valence-electron chi connectivity index (χ0n) is 11.7.